The minimum absolute atomic E-state index is 0.112. The zero-order chi connectivity index (χ0) is 16.0. The van der Waals surface area contributed by atoms with Crippen LogP contribution in [0.25, 0.3) is 0 Å². The fourth-order valence-electron chi connectivity index (χ4n) is 1.62. The maximum absolute atomic E-state index is 12.4. The molecule has 0 unspecified atom stereocenters. The van der Waals surface area contributed by atoms with E-state index in [4.69, 9.17) is 11.5 Å². The zero-order valence-electron chi connectivity index (χ0n) is 11.9. The number of aliphatic imine (C=N–C) groups is 2. The summed E-state index contributed by atoms with van der Waals surface area (Å²) in [5.74, 6) is 0.104. The van der Waals surface area contributed by atoms with Gasteiger partial charge < -0.3 is 16.4 Å². The van der Waals surface area contributed by atoms with Gasteiger partial charge in [0, 0.05) is 13.1 Å². The maximum atomic E-state index is 12.4. The van der Waals surface area contributed by atoms with E-state index >= 15 is 0 Å². The van der Waals surface area contributed by atoms with Crippen LogP contribution in [0.2, 0.25) is 0 Å². The lowest BCUT2D eigenvalue weighted by atomic mass is 10.2. The molecule has 0 aromatic heterocycles. The molecule has 0 saturated carbocycles. The minimum atomic E-state index is -4.38. The monoisotopic (exact) mass is 301 g/mol. The molecular formula is C13H18F3N5. The average Bonchev–Trinajstić information content (AvgIpc) is 2.39. The van der Waals surface area contributed by atoms with Crippen LogP contribution in [0.15, 0.2) is 34.3 Å². The minimum Gasteiger partial charge on any atom is -0.369 e. The van der Waals surface area contributed by atoms with Crippen LogP contribution in [-0.4, -0.2) is 29.9 Å². The Morgan fingerprint density at radius 1 is 1.10 bits per heavy atom. The smallest absolute Gasteiger partial charge is 0.369 e. The summed E-state index contributed by atoms with van der Waals surface area (Å²) in [6.07, 6.45) is -4.38. The molecule has 0 radical (unpaired) electrons. The number of benzene rings is 1. The van der Waals surface area contributed by atoms with Gasteiger partial charge in [-0.25, -0.2) is 4.99 Å². The summed E-state index contributed by atoms with van der Waals surface area (Å²) >= 11 is 0. The largest absolute Gasteiger partial charge is 0.416 e. The Morgan fingerprint density at radius 3 is 2.05 bits per heavy atom. The molecule has 0 saturated heterocycles. The third kappa shape index (κ3) is 4.97. The van der Waals surface area contributed by atoms with Crippen molar-refractivity contribution in [3.8, 4) is 0 Å². The third-order valence-corrected chi connectivity index (χ3v) is 2.75. The van der Waals surface area contributed by atoms with Crippen molar-refractivity contribution < 1.29 is 13.2 Å². The Labute approximate surface area is 121 Å². The lowest BCUT2D eigenvalue weighted by Crippen LogP contribution is -2.38. The highest BCUT2D eigenvalue weighted by Gasteiger charge is 2.29. The highest BCUT2D eigenvalue weighted by atomic mass is 19.4. The van der Waals surface area contributed by atoms with Gasteiger partial charge in [0.15, 0.2) is 5.96 Å². The molecule has 0 aliphatic rings. The van der Waals surface area contributed by atoms with E-state index in [1.54, 1.807) is 4.90 Å². The quantitative estimate of drug-likeness (QED) is 0.664. The van der Waals surface area contributed by atoms with Gasteiger partial charge >= 0.3 is 6.18 Å². The summed E-state index contributed by atoms with van der Waals surface area (Å²) < 4.78 is 37.2. The van der Waals surface area contributed by atoms with Crippen molar-refractivity contribution in [1.82, 2.24) is 4.90 Å². The molecule has 0 fully saturated rings. The molecule has 0 spiro atoms. The van der Waals surface area contributed by atoms with Crippen molar-refractivity contribution in [1.29, 1.82) is 0 Å². The number of hydrogen-bond acceptors (Lipinski definition) is 1. The number of nitrogens with two attached hydrogens (primary N) is 2. The van der Waals surface area contributed by atoms with E-state index in [0.717, 1.165) is 12.1 Å². The first kappa shape index (κ1) is 16.8. The van der Waals surface area contributed by atoms with E-state index in [9.17, 15) is 13.2 Å². The summed E-state index contributed by atoms with van der Waals surface area (Å²) in [6.45, 7) is 5.16. The third-order valence-electron chi connectivity index (χ3n) is 2.75. The number of halogens is 3. The van der Waals surface area contributed by atoms with Gasteiger partial charge in [0.1, 0.15) is 0 Å². The van der Waals surface area contributed by atoms with Crippen LogP contribution in [0.1, 0.15) is 19.4 Å². The van der Waals surface area contributed by atoms with Gasteiger partial charge in [-0.1, -0.05) is 0 Å². The lowest BCUT2D eigenvalue weighted by molar-refractivity contribution is -0.137. The molecule has 0 heterocycles. The van der Waals surface area contributed by atoms with E-state index in [2.05, 4.69) is 9.98 Å². The average molecular weight is 301 g/mol. The summed E-state index contributed by atoms with van der Waals surface area (Å²) in [5, 5.41) is 0. The van der Waals surface area contributed by atoms with Crippen molar-refractivity contribution in [3.05, 3.63) is 29.8 Å². The van der Waals surface area contributed by atoms with Gasteiger partial charge in [-0.2, -0.15) is 18.2 Å². The molecule has 1 aromatic rings. The van der Waals surface area contributed by atoms with Gasteiger partial charge in [0.05, 0.1) is 11.3 Å². The Hall–Kier alpha value is -2.25. The number of guanidine groups is 2. The first-order valence-electron chi connectivity index (χ1n) is 6.38. The van der Waals surface area contributed by atoms with E-state index in [1.165, 1.54) is 12.1 Å². The van der Waals surface area contributed by atoms with Gasteiger partial charge in [-0.15, -0.1) is 0 Å². The second kappa shape index (κ2) is 6.96. The second-order valence-corrected chi connectivity index (χ2v) is 4.16. The molecule has 0 aliphatic carbocycles. The Morgan fingerprint density at radius 2 is 1.62 bits per heavy atom. The Bertz CT molecular complexity index is 516. The molecule has 21 heavy (non-hydrogen) atoms. The first-order valence-corrected chi connectivity index (χ1v) is 6.38. The van der Waals surface area contributed by atoms with Crippen LogP contribution in [0, 0.1) is 0 Å². The predicted octanol–water partition coefficient (Wildman–Crippen LogP) is 2.31. The van der Waals surface area contributed by atoms with E-state index in [1.807, 2.05) is 13.8 Å². The van der Waals surface area contributed by atoms with Crippen LogP contribution < -0.4 is 11.5 Å². The highest BCUT2D eigenvalue weighted by molar-refractivity contribution is 5.94. The van der Waals surface area contributed by atoms with Gasteiger partial charge in [0.2, 0.25) is 5.96 Å². The normalized spacial score (nSPS) is 13.4. The highest BCUT2D eigenvalue weighted by Crippen LogP contribution is 2.30. The Kier molecular flexibility index (Phi) is 5.57. The van der Waals surface area contributed by atoms with Crippen molar-refractivity contribution >= 4 is 17.6 Å². The van der Waals surface area contributed by atoms with E-state index < -0.39 is 11.7 Å². The maximum Gasteiger partial charge on any atom is 0.416 e. The molecule has 5 nitrogen and oxygen atoms in total. The molecule has 4 N–H and O–H groups in total. The van der Waals surface area contributed by atoms with E-state index in [-0.39, 0.29) is 17.6 Å². The molecule has 116 valence electrons. The first-order chi connectivity index (χ1) is 9.77. The molecule has 1 rings (SSSR count). The molecular weight excluding hydrogens is 283 g/mol. The van der Waals surface area contributed by atoms with Crippen molar-refractivity contribution in [3.63, 3.8) is 0 Å². The lowest BCUT2D eigenvalue weighted by Gasteiger charge is -2.18. The second-order valence-electron chi connectivity index (χ2n) is 4.16. The van der Waals surface area contributed by atoms with Crippen molar-refractivity contribution in [2.45, 2.75) is 20.0 Å². The standard InChI is InChI=1S/C13H18F3N5/c1-3-21(4-2)12(18)20-11(17)19-10-7-5-9(6-8-10)13(14,15)16/h5-8H,3-4H2,1-2H3,(H4,17,18,19,20). The van der Waals surface area contributed by atoms with Crippen LogP contribution in [0.4, 0.5) is 18.9 Å². The van der Waals surface area contributed by atoms with Gasteiger partial charge in [-0.05, 0) is 38.1 Å². The SMILES string of the molecule is CCN(CC)C(N)=NC(N)=Nc1ccc(C(F)(F)F)cc1. The summed E-state index contributed by atoms with van der Waals surface area (Å²) in [6, 6.07) is 4.31. The number of hydrogen-bond donors (Lipinski definition) is 2. The fourth-order valence-corrected chi connectivity index (χ4v) is 1.62. The molecule has 0 aliphatic heterocycles. The molecule has 0 bridgehead atoms. The van der Waals surface area contributed by atoms with Crippen molar-refractivity contribution in [2.75, 3.05) is 13.1 Å². The van der Waals surface area contributed by atoms with E-state index in [0.29, 0.717) is 13.1 Å². The molecule has 1 aromatic carbocycles. The van der Waals surface area contributed by atoms with Gasteiger partial charge in [0.25, 0.3) is 0 Å². The van der Waals surface area contributed by atoms with Crippen LogP contribution in [0.5, 0.6) is 0 Å². The Balaban J connectivity index is 2.90. The predicted molar refractivity (Wildman–Crippen MR) is 77.3 cm³/mol. The van der Waals surface area contributed by atoms with Gasteiger partial charge in [-0.3, -0.25) is 0 Å². The molecule has 0 amide bonds. The van der Waals surface area contributed by atoms with Crippen molar-refractivity contribution in [2.24, 2.45) is 21.5 Å². The van der Waals surface area contributed by atoms with Crippen LogP contribution in [0.3, 0.4) is 0 Å². The summed E-state index contributed by atoms with van der Waals surface area (Å²) in [7, 11) is 0. The zero-order valence-corrected chi connectivity index (χ0v) is 11.9. The molecule has 0 atom stereocenters. The number of alkyl halides is 3. The van der Waals surface area contributed by atoms with Crippen LogP contribution >= 0.6 is 0 Å². The topological polar surface area (TPSA) is 80.0 Å². The van der Waals surface area contributed by atoms with Crippen LogP contribution in [-0.2, 0) is 6.18 Å². The fraction of sp³-hybridized carbons (Fsp3) is 0.385. The summed E-state index contributed by atoms with van der Waals surface area (Å²) in [4.78, 5) is 9.59. The summed E-state index contributed by atoms with van der Waals surface area (Å²) in [5.41, 5.74) is 10.9. The molecule has 8 heteroatoms. The number of rotatable bonds is 3. The number of nitrogens with zero attached hydrogens (tertiary/aromatic N) is 3.